The molecule has 0 radical (unpaired) electrons. The van der Waals surface area contributed by atoms with E-state index in [-0.39, 0.29) is 10.6 Å². The smallest absolute Gasteiger partial charge is 0.176 e. The van der Waals surface area contributed by atoms with Gasteiger partial charge in [0.1, 0.15) is 0 Å². The zero-order valence-corrected chi connectivity index (χ0v) is 12.1. The van der Waals surface area contributed by atoms with Gasteiger partial charge >= 0.3 is 0 Å². The minimum Gasteiger partial charge on any atom is -0.493 e. The van der Waals surface area contributed by atoms with Crippen LogP contribution in [0.1, 0.15) is 29.3 Å². The molecule has 0 amide bonds. The summed E-state index contributed by atoms with van der Waals surface area (Å²) >= 11 is 3.37. The first-order valence-corrected chi connectivity index (χ1v) is 6.37. The summed E-state index contributed by atoms with van der Waals surface area (Å²) in [6, 6.07) is 3.56. The number of carbonyl (C=O) groups excluding carboxylic acids is 1. The van der Waals surface area contributed by atoms with E-state index in [4.69, 9.17) is 9.47 Å². The molecule has 0 saturated heterocycles. The lowest BCUT2D eigenvalue weighted by atomic mass is 10.0. The lowest BCUT2D eigenvalue weighted by Crippen LogP contribution is -2.14. The lowest BCUT2D eigenvalue weighted by molar-refractivity contribution is 0.0989. The van der Waals surface area contributed by atoms with E-state index in [0.717, 1.165) is 12.0 Å². The summed E-state index contributed by atoms with van der Waals surface area (Å²) in [5.41, 5.74) is 1.57. The maximum Gasteiger partial charge on any atom is 0.176 e. The van der Waals surface area contributed by atoms with Crippen LogP contribution < -0.4 is 9.47 Å². The molecule has 1 aromatic rings. The third kappa shape index (κ3) is 3.00. The van der Waals surface area contributed by atoms with Crippen molar-refractivity contribution < 1.29 is 14.3 Å². The number of ketones is 1. The van der Waals surface area contributed by atoms with Gasteiger partial charge in [-0.15, -0.1) is 0 Å². The zero-order chi connectivity index (χ0) is 13.0. The summed E-state index contributed by atoms with van der Waals surface area (Å²) in [6.45, 7) is 3.86. The number of aryl methyl sites for hydroxylation is 1. The molecule has 4 heteroatoms. The van der Waals surface area contributed by atoms with Crippen molar-refractivity contribution in [1.82, 2.24) is 0 Å². The number of hydrogen-bond acceptors (Lipinski definition) is 3. The quantitative estimate of drug-likeness (QED) is 0.618. The molecule has 0 spiro atoms. The Morgan fingerprint density at radius 3 is 2.29 bits per heavy atom. The van der Waals surface area contributed by atoms with Gasteiger partial charge in [-0.1, -0.05) is 22.9 Å². The average molecular weight is 301 g/mol. The fourth-order valence-corrected chi connectivity index (χ4v) is 1.85. The number of benzene rings is 1. The molecule has 3 nitrogen and oxygen atoms in total. The Hall–Kier alpha value is -1.03. The molecular weight excluding hydrogens is 284 g/mol. The molecule has 0 aromatic heterocycles. The van der Waals surface area contributed by atoms with Gasteiger partial charge in [0.05, 0.1) is 19.0 Å². The van der Waals surface area contributed by atoms with E-state index in [1.165, 1.54) is 0 Å². The van der Waals surface area contributed by atoms with Crippen LogP contribution >= 0.6 is 15.9 Å². The van der Waals surface area contributed by atoms with Gasteiger partial charge in [-0.2, -0.15) is 0 Å². The normalized spacial score (nSPS) is 12.1. The van der Waals surface area contributed by atoms with Crippen molar-refractivity contribution >= 4 is 21.7 Å². The Bertz CT molecular complexity index is 415. The Morgan fingerprint density at radius 2 is 1.82 bits per heavy atom. The van der Waals surface area contributed by atoms with Crippen LogP contribution in [0.2, 0.25) is 0 Å². The van der Waals surface area contributed by atoms with Gasteiger partial charge in [0.25, 0.3) is 0 Å². The van der Waals surface area contributed by atoms with Gasteiger partial charge in [0, 0.05) is 5.56 Å². The zero-order valence-electron chi connectivity index (χ0n) is 10.5. The number of methoxy groups -OCH3 is 2. The molecule has 0 aliphatic heterocycles. The SMILES string of the molecule is CCC(Br)C(=O)c1cc(OC)c(OC)cc1C. The second-order valence-electron chi connectivity index (χ2n) is 3.76. The molecule has 1 rings (SSSR count). The molecule has 0 heterocycles. The highest BCUT2D eigenvalue weighted by Crippen LogP contribution is 2.31. The highest BCUT2D eigenvalue weighted by molar-refractivity contribution is 9.10. The third-order valence-electron chi connectivity index (χ3n) is 2.64. The van der Waals surface area contributed by atoms with E-state index >= 15 is 0 Å². The summed E-state index contributed by atoms with van der Waals surface area (Å²) in [7, 11) is 3.14. The van der Waals surface area contributed by atoms with Crippen molar-refractivity contribution in [1.29, 1.82) is 0 Å². The number of Topliss-reactive ketones (excluding diaryl/α,β-unsaturated/α-hetero) is 1. The summed E-state index contributed by atoms with van der Waals surface area (Å²) in [5, 5.41) is 0. The Kier molecular flexibility index (Phi) is 5.00. The molecule has 17 heavy (non-hydrogen) atoms. The van der Waals surface area contributed by atoms with Crippen molar-refractivity contribution in [2.24, 2.45) is 0 Å². The monoisotopic (exact) mass is 300 g/mol. The van der Waals surface area contributed by atoms with E-state index < -0.39 is 0 Å². The molecule has 0 aliphatic rings. The van der Waals surface area contributed by atoms with Gasteiger partial charge in [-0.25, -0.2) is 0 Å². The fraction of sp³-hybridized carbons (Fsp3) is 0.462. The number of ether oxygens (including phenoxy) is 2. The van der Waals surface area contributed by atoms with Crippen LogP contribution in [-0.4, -0.2) is 24.8 Å². The fourth-order valence-electron chi connectivity index (χ4n) is 1.60. The number of alkyl halides is 1. The number of halogens is 1. The summed E-state index contributed by atoms with van der Waals surface area (Å²) < 4.78 is 10.4. The molecule has 0 aliphatic carbocycles. The molecule has 1 atom stereocenters. The highest BCUT2D eigenvalue weighted by atomic mass is 79.9. The molecule has 94 valence electrons. The predicted molar refractivity (Wildman–Crippen MR) is 71.6 cm³/mol. The Morgan fingerprint density at radius 1 is 1.29 bits per heavy atom. The van der Waals surface area contributed by atoms with Crippen LogP contribution in [0.15, 0.2) is 12.1 Å². The van der Waals surface area contributed by atoms with Gasteiger partial charge in [-0.05, 0) is 31.0 Å². The Balaban J connectivity index is 3.21. The first-order valence-electron chi connectivity index (χ1n) is 5.46. The first-order chi connectivity index (χ1) is 8.04. The Labute approximate surface area is 110 Å². The van der Waals surface area contributed by atoms with Gasteiger partial charge < -0.3 is 9.47 Å². The summed E-state index contributed by atoms with van der Waals surface area (Å²) in [6.07, 6.45) is 0.757. The maximum atomic E-state index is 12.1. The van der Waals surface area contributed by atoms with E-state index in [2.05, 4.69) is 15.9 Å². The van der Waals surface area contributed by atoms with Crippen molar-refractivity contribution in [2.45, 2.75) is 25.1 Å². The molecule has 0 N–H and O–H groups in total. The van der Waals surface area contributed by atoms with Crippen molar-refractivity contribution in [3.63, 3.8) is 0 Å². The van der Waals surface area contributed by atoms with Crippen molar-refractivity contribution in [3.8, 4) is 11.5 Å². The highest BCUT2D eigenvalue weighted by Gasteiger charge is 2.19. The second-order valence-corrected chi connectivity index (χ2v) is 4.87. The first kappa shape index (κ1) is 14.0. The van der Waals surface area contributed by atoms with Crippen molar-refractivity contribution in [2.75, 3.05) is 14.2 Å². The second kappa shape index (κ2) is 6.05. The number of hydrogen-bond donors (Lipinski definition) is 0. The molecule has 1 unspecified atom stereocenters. The minimum absolute atomic E-state index is 0.0750. The number of carbonyl (C=O) groups is 1. The molecule has 1 aromatic carbocycles. The predicted octanol–water partition coefficient (Wildman–Crippen LogP) is 3.37. The average Bonchev–Trinajstić information content (AvgIpc) is 2.36. The van der Waals surface area contributed by atoms with Crippen LogP contribution in [0.25, 0.3) is 0 Å². The summed E-state index contributed by atoms with van der Waals surface area (Å²) in [4.78, 5) is 12.0. The maximum absolute atomic E-state index is 12.1. The molecule has 0 saturated carbocycles. The third-order valence-corrected chi connectivity index (χ3v) is 3.70. The van der Waals surface area contributed by atoms with Gasteiger partial charge in [0.2, 0.25) is 0 Å². The summed E-state index contributed by atoms with van der Waals surface area (Å²) in [5.74, 6) is 1.30. The lowest BCUT2D eigenvalue weighted by Gasteiger charge is -2.13. The molecule has 0 fully saturated rings. The minimum atomic E-state index is -0.153. The van der Waals surface area contributed by atoms with E-state index in [1.54, 1.807) is 20.3 Å². The standard InChI is InChI=1S/C13H17BrO3/c1-5-10(14)13(15)9-7-12(17-4)11(16-3)6-8(9)2/h6-7,10H,5H2,1-4H3. The van der Waals surface area contributed by atoms with Gasteiger partial charge in [-0.3, -0.25) is 4.79 Å². The van der Waals surface area contributed by atoms with E-state index in [9.17, 15) is 4.79 Å². The van der Waals surface area contributed by atoms with E-state index in [1.807, 2.05) is 19.9 Å². The molecular formula is C13H17BrO3. The topological polar surface area (TPSA) is 35.5 Å². The van der Waals surface area contributed by atoms with Crippen LogP contribution in [0.3, 0.4) is 0 Å². The van der Waals surface area contributed by atoms with Gasteiger partial charge in [0.15, 0.2) is 17.3 Å². The van der Waals surface area contributed by atoms with Crippen LogP contribution in [-0.2, 0) is 0 Å². The molecule has 0 bridgehead atoms. The van der Waals surface area contributed by atoms with Crippen LogP contribution in [0.5, 0.6) is 11.5 Å². The largest absolute Gasteiger partial charge is 0.493 e. The van der Waals surface area contributed by atoms with Crippen LogP contribution in [0.4, 0.5) is 0 Å². The number of rotatable bonds is 5. The van der Waals surface area contributed by atoms with Crippen LogP contribution in [0, 0.1) is 6.92 Å². The van der Waals surface area contributed by atoms with Crippen molar-refractivity contribution in [3.05, 3.63) is 23.3 Å². The van der Waals surface area contributed by atoms with E-state index in [0.29, 0.717) is 17.1 Å².